The van der Waals surface area contributed by atoms with Gasteiger partial charge in [0.2, 0.25) is 5.91 Å². The van der Waals surface area contributed by atoms with Crippen LogP contribution in [-0.4, -0.2) is 30.1 Å². The molecular formula is C13H24N2O3. The standard InChI is InChI=1S/C13H24N2O3/c1-3-12(2,8-14)11(18)15-9-13(5-4-6-13)7-10(16)17/h3-9,14H2,1-2H3,(H,15,18)(H,16,17). The molecular weight excluding hydrogens is 232 g/mol. The number of rotatable bonds is 7. The van der Waals surface area contributed by atoms with Crippen molar-refractivity contribution in [3.05, 3.63) is 0 Å². The Hall–Kier alpha value is -1.10. The SMILES string of the molecule is CCC(C)(CN)C(=O)NCC1(CC(=O)O)CCC1. The summed E-state index contributed by atoms with van der Waals surface area (Å²) in [6.07, 6.45) is 3.63. The van der Waals surface area contributed by atoms with Crippen molar-refractivity contribution < 1.29 is 14.7 Å². The van der Waals surface area contributed by atoms with E-state index < -0.39 is 11.4 Å². The molecule has 0 saturated heterocycles. The lowest BCUT2D eigenvalue weighted by molar-refractivity contribution is -0.142. The largest absolute Gasteiger partial charge is 0.481 e. The number of aliphatic carboxylic acids is 1. The number of carbonyl (C=O) groups excluding carboxylic acids is 1. The molecule has 18 heavy (non-hydrogen) atoms. The summed E-state index contributed by atoms with van der Waals surface area (Å²) in [5.41, 5.74) is 4.85. The Morgan fingerprint density at radius 3 is 2.39 bits per heavy atom. The van der Waals surface area contributed by atoms with Crippen molar-refractivity contribution >= 4 is 11.9 Å². The van der Waals surface area contributed by atoms with Crippen LogP contribution in [0.15, 0.2) is 0 Å². The first-order chi connectivity index (χ1) is 8.37. The van der Waals surface area contributed by atoms with Crippen LogP contribution in [0.3, 0.4) is 0 Å². The molecule has 0 heterocycles. The van der Waals surface area contributed by atoms with Gasteiger partial charge in [-0.15, -0.1) is 0 Å². The molecule has 1 amide bonds. The molecule has 104 valence electrons. The van der Waals surface area contributed by atoms with Gasteiger partial charge in [0.15, 0.2) is 0 Å². The molecule has 0 bridgehead atoms. The molecule has 1 unspecified atom stereocenters. The van der Waals surface area contributed by atoms with E-state index in [1.165, 1.54) is 0 Å². The highest BCUT2D eigenvalue weighted by Crippen LogP contribution is 2.43. The molecule has 0 aromatic heterocycles. The summed E-state index contributed by atoms with van der Waals surface area (Å²) < 4.78 is 0. The van der Waals surface area contributed by atoms with Gasteiger partial charge >= 0.3 is 5.97 Å². The van der Waals surface area contributed by atoms with Crippen LogP contribution in [0, 0.1) is 10.8 Å². The molecule has 0 aromatic rings. The van der Waals surface area contributed by atoms with E-state index in [-0.39, 0.29) is 17.7 Å². The summed E-state index contributed by atoms with van der Waals surface area (Å²) in [6, 6.07) is 0. The van der Waals surface area contributed by atoms with Crippen LogP contribution < -0.4 is 11.1 Å². The Morgan fingerprint density at radius 2 is 2.06 bits per heavy atom. The number of amides is 1. The monoisotopic (exact) mass is 256 g/mol. The van der Waals surface area contributed by atoms with Crippen molar-refractivity contribution in [2.75, 3.05) is 13.1 Å². The molecule has 0 spiro atoms. The number of hydrogen-bond acceptors (Lipinski definition) is 3. The van der Waals surface area contributed by atoms with E-state index >= 15 is 0 Å². The number of carboxylic acids is 1. The van der Waals surface area contributed by atoms with Crippen LogP contribution in [0.5, 0.6) is 0 Å². The number of carbonyl (C=O) groups is 2. The Kier molecular flexibility index (Phi) is 4.73. The zero-order valence-electron chi connectivity index (χ0n) is 11.3. The topological polar surface area (TPSA) is 92.4 Å². The third-order valence-corrected chi connectivity index (χ3v) is 4.34. The van der Waals surface area contributed by atoms with Gasteiger partial charge in [-0.25, -0.2) is 0 Å². The van der Waals surface area contributed by atoms with Gasteiger partial charge < -0.3 is 16.2 Å². The highest BCUT2D eigenvalue weighted by molar-refractivity contribution is 5.82. The fourth-order valence-corrected chi connectivity index (χ4v) is 2.29. The lowest BCUT2D eigenvalue weighted by Gasteiger charge is -2.41. The number of hydrogen-bond donors (Lipinski definition) is 3. The van der Waals surface area contributed by atoms with Crippen LogP contribution >= 0.6 is 0 Å². The van der Waals surface area contributed by atoms with E-state index in [0.29, 0.717) is 19.5 Å². The minimum Gasteiger partial charge on any atom is -0.481 e. The summed E-state index contributed by atoms with van der Waals surface area (Å²) in [5, 5.41) is 11.8. The third-order valence-electron chi connectivity index (χ3n) is 4.34. The number of carboxylic acid groups (broad SMARTS) is 1. The first kappa shape index (κ1) is 15.0. The average Bonchev–Trinajstić information content (AvgIpc) is 2.30. The second kappa shape index (κ2) is 5.69. The van der Waals surface area contributed by atoms with E-state index in [4.69, 9.17) is 10.8 Å². The molecule has 5 nitrogen and oxygen atoms in total. The molecule has 5 heteroatoms. The quantitative estimate of drug-likeness (QED) is 0.636. The summed E-state index contributed by atoms with van der Waals surface area (Å²) in [6.45, 7) is 4.53. The van der Waals surface area contributed by atoms with Crippen molar-refractivity contribution in [3.63, 3.8) is 0 Å². The maximum Gasteiger partial charge on any atom is 0.303 e. The van der Waals surface area contributed by atoms with E-state index in [9.17, 15) is 9.59 Å². The molecule has 0 aliphatic heterocycles. The summed E-state index contributed by atoms with van der Waals surface area (Å²) >= 11 is 0. The van der Waals surface area contributed by atoms with Gasteiger partial charge in [0.05, 0.1) is 11.8 Å². The van der Waals surface area contributed by atoms with E-state index in [1.807, 2.05) is 13.8 Å². The van der Waals surface area contributed by atoms with Gasteiger partial charge in [-0.2, -0.15) is 0 Å². The van der Waals surface area contributed by atoms with Crippen LogP contribution in [0.25, 0.3) is 0 Å². The maximum absolute atomic E-state index is 12.1. The van der Waals surface area contributed by atoms with Gasteiger partial charge in [0.25, 0.3) is 0 Å². The molecule has 1 aliphatic carbocycles. The Balaban J connectivity index is 2.53. The molecule has 1 atom stereocenters. The Morgan fingerprint density at radius 1 is 1.44 bits per heavy atom. The van der Waals surface area contributed by atoms with Gasteiger partial charge in [0, 0.05) is 13.1 Å². The van der Waals surface area contributed by atoms with E-state index in [1.54, 1.807) is 0 Å². The highest BCUT2D eigenvalue weighted by Gasteiger charge is 2.40. The second-order valence-corrected chi connectivity index (χ2v) is 5.73. The fourth-order valence-electron chi connectivity index (χ4n) is 2.29. The Bertz CT molecular complexity index is 320. The number of nitrogens with one attached hydrogen (secondary N) is 1. The molecule has 0 radical (unpaired) electrons. The van der Waals surface area contributed by atoms with Crippen molar-refractivity contribution in [1.29, 1.82) is 0 Å². The molecule has 1 saturated carbocycles. The van der Waals surface area contributed by atoms with Gasteiger partial charge in [-0.3, -0.25) is 9.59 Å². The molecule has 4 N–H and O–H groups in total. The van der Waals surface area contributed by atoms with Crippen molar-refractivity contribution in [2.45, 2.75) is 46.0 Å². The van der Waals surface area contributed by atoms with Gasteiger partial charge in [0.1, 0.15) is 0 Å². The smallest absolute Gasteiger partial charge is 0.303 e. The summed E-state index contributed by atoms with van der Waals surface area (Å²) in [4.78, 5) is 22.9. The fraction of sp³-hybridized carbons (Fsp3) is 0.846. The molecule has 1 fully saturated rings. The van der Waals surface area contributed by atoms with Gasteiger partial charge in [-0.05, 0) is 31.6 Å². The lowest BCUT2D eigenvalue weighted by Crippen LogP contribution is -2.49. The van der Waals surface area contributed by atoms with Crippen LogP contribution in [0.1, 0.15) is 46.0 Å². The van der Waals surface area contributed by atoms with E-state index in [0.717, 1.165) is 19.3 Å². The van der Waals surface area contributed by atoms with Crippen LogP contribution in [0.4, 0.5) is 0 Å². The first-order valence-electron chi connectivity index (χ1n) is 6.58. The second-order valence-electron chi connectivity index (χ2n) is 5.73. The predicted molar refractivity (Wildman–Crippen MR) is 69.0 cm³/mol. The Labute approximate surface area is 108 Å². The van der Waals surface area contributed by atoms with Gasteiger partial charge in [-0.1, -0.05) is 13.3 Å². The maximum atomic E-state index is 12.1. The van der Waals surface area contributed by atoms with Crippen LogP contribution in [-0.2, 0) is 9.59 Å². The highest BCUT2D eigenvalue weighted by atomic mass is 16.4. The van der Waals surface area contributed by atoms with Crippen LogP contribution in [0.2, 0.25) is 0 Å². The number of nitrogens with two attached hydrogens (primary N) is 1. The normalized spacial score (nSPS) is 20.6. The van der Waals surface area contributed by atoms with Crippen molar-refractivity contribution in [2.24, 2.45) is 16.6 Å². The molecule has 0 aromatic carbocycles. The average molecular weight is 256 g/mol. The predicted octanol–water partition coefficient (Wildman–Crippen LogP) is 1.12. The lowest BCUT2D eigenvalue weighted by atomic mass is 9.66. The molecule has 1 aliphatic rings. The first-order valence-corrected chi connectivity index (χ1v) is 6.58. The zero-order chi connectivity index (χ0) is 13.8. The molecule has 1 rings (SSSR count). The summed E-state index contributed by atoms with van der Waals surface area (Å²) in [7, 11) is 0. The third kappa shape index (κ3) is 3.22. The minimum atomic E-state index is -0.791. The summed E-state index contributed by atoms with van der Waals surface area (Å²) in [5.74, 6) is -0.856. The minimum absolute atomic E-state index is 0.0656. The van der Waals surface area contributed by atoms with Crippen molar-refractivity contribution in [3.8, 4) is 0 Å². The van der Waals surface area contributed by atoms with E-state index in [2.05, 4.69) is 5.32 Å². The zero-order valence-corrected chi connectivity index (χ0v) is 11.3. The van der Waals surface area contributed by atoms with Crippen molar-refractivity contribution in [1.82, 2.24) is 5.32 Å².